The highest BCUT2D eigenvalue weighted by Crippen LogP contribution is 2.37. The van der Waals surface area contributed by atoms with Crippen molar-refractivity contribution >= 4 is 39.4 Å². The van der Waals surface area contributed by atoms with E-state index in [-0.39, 0.29) is 5.76 Å². The minimum atomic E-state index is -0.566. The summed E-state index contributed by atoms with van der Waals surface area (Å²) in [6, 6.07) is 29.3. The number of nitriles is 1. The number of H-pyrrole nitrogens is 1. The SMILES string of the molecule is Cc1ccc(C(=O)NC(=O)c2oc3ccc(N4CCN(CCCCc5c[nH]c6ccc(C#N)cc56)CC4)cc3c2-c2ccc(C)cc2)cc1. The van der Waals surface area contributed by atoms with Gasteiger partial charge in [0.1, 0.15) is 5.58 Å². The third-order valence-corrected chi connectivity index (χ3v) is 9.56. The number of fused-ring (bicyclic) bond motifs is 2. The number of piperazine rings is 1. The second kappa shape index (κ2) is 13.8. The topological polar surface area (TPSA) is 105 Å². The number of aromatic amines is 1. The van der Waals surface area contributed by atoms with E-state index >= 15 is 0 Å². The summed E-state index contributed by atoms with van der Waals surface area (Å²) in [6.45, 7) is 8.79. The Kier molecular flexibility index (Phi) is 9.01. The van der Waals surface area contributed by atoms with Gasteiger partial charge in [0, 0.05) is 65.5 Å². The first-order valence-electron chi connectivity index (χ1n) is 16.9. The van der Waals surface area contributed by atoms with Gasteiger partial charge in [0.2, 0.25) is 5.76 Å². The number of benzene rings is 4. The normalized spacial score (nSPS) is 13.5. The summed E-state index contributed by atoms with van der Waals surface area (Å²) in [7, 11) is 0. The molecule has 2 amide bonds. The molecule has 4 aromatic carbocycles. The van der Waals surface area contributed by atoms with E-state index in [1.165, 1.54) is 5.56 Å². The van der Waals surface area contributed by atoms with Gasteiger partial charge in [0.05, 0.1) is 11.6 Å². The molecule has 246 valence electrons. The van der Waals surface area contributed by atoms with E-state index in [2.05, 4.69) is 44.5 Å². The second-order valence-electron chi connectivity index (χ2n) is 13.0. The zero-order valence-corrected chi connectivity index (χ0v) is 27.9. The molecule has 0 radical (unpaired) electrons. The Hall–Kier alpha value is -5.65. The number of nitrogens with one attached hydrogen (secondary N) is 2. The van der Waals surface area contributed by atoms with Crippen LogP contribution in [0, 0.1) is 25.2 Å². The first-order valence-corrected chi connectivity index (χ1v) is 16.9. The molecule has 0 unspecified atom stereocenters. The van der Waals surface area contributed by atoms with Crippen molar-refractivity contribution in [2.24, 2.45) is 0 Å². The van der Waals surface area contributed by atoms with Crippen molar-refractivity contribution in [2.45, 2.75) is 33.1 Å². The van der Waals surface area contributed by atoms with Crippen molar-refractivity contribution in [1.82, 2.24) is 15.2 Å². The quantitative estimate of drug-likeness (QED) is 0.122. The van der Waals surface area contributed by atoms with Gasteiger partial charge in [-0.3, -0.25) is 19.8 Å². The number of anilines is 1. The van der Waals surface area contributed by atoms with Crippen LogP contribution in [0.5, 0.6) is 0 Å². The third-order valence-electron chi connectivity index (χ3n) is 9.56. The van der Waals surface area contributed by atoms with Crippen molar-refractivity contribution in [3.05, 3.63) is 125 Å². The van der Waals surface area contributed by atoms with Gasteiger partial charge in [-0.15, -0.1) is 0 Å². The molecule has 8 nitrogen and oxygen atoms in total. The highest BCUT2D eigenvalue weighted by molar-refractivity contribution is 6.15. The van der Waals surface area contributed by atoms with Crippen molar-refractivity contribution in [3.63, 3.8) is 0 Å². The van der Waals surface area contributed by atoms with E-state index in [1.54, 1.807) is 12.1 Å². The number of unbranched alkanes of at least 4 members (excludes halogenated alkanes) is 1. The van der Waals surface area contributed by atoms with Crippen molar-refractivity contribution < 1.29 is 14.0 Å². The Bertz CT molecular complexity index is 2180. The number of aromatic nitrogens is 1. The summed E-state index contributed by atoms with van der Waals surface area (Å²) in [6.07, 6.45) is 5.27. The molecule has 0 saturated carbocycles. The summed E-state index contributed by atoms with van der Waals surface area (Å²) in [4.78, 5) is 34.7. The molecule has 2 N–H and O–H groups in total. The Morgan fingerprint density at radius 3 is 2.31 bits per heavy atom. The van der Waals surface area contributed by atoms with Crippen LogP contribution in [0.1, 0.15) is 56.0 Å². The molecule has 1 aliphatic rings. The van der Waals surface area contributed by atoms with Crippen LogP contribution >= 0.6 is 0 Å². The lowest BCUT2D eigenvalue weighted by Crippen LogP contribution is -2.46. The Labute approximate surface area is 285 Å². The summed E-state index contributed by atoms with van der Waals surface area (Å²) < 4.78 is 6.17. The van der Waals surface area contributed by atoms with Crippen LogP contribution < -0.4 is 10.2 Å². The fourth-order valence-corrected chi connectivity index (χ4v) is 6.72. The minimum absolute atomic E-state index is 0.124. The standard InChI is InChI=1S/C41H39N5O3/c1-27-6-11-30(12-7-27)38-35-24-33(15-17-37(35)49-39(38)41(48)44-40(47)31-13-8-28(2)9-14-31)46-21-19-45(20-22-46)18-4-3-5-32-26-43-36-16-10-29(25-42)23-34(32)36/h6-17,23-24,26,43H,3-5,18-22H2,1-2H3,(H,44,47,48). The number of carbonyl (C=O) groups is 2. The molecule has 1 fully saturated rings. The van der Waals surface area contributed by atoms with E-state index < -0.39 is 11.8 Å². The third kappa shape index (κ3) is 6.85. The van der Waals surface area contributed by atoms with Gasteiger partial charge in [-0.2, -0.15) is 5.26 Å². The molecule has 8 heteroatoms. The molecule has 0 spiro atoms. The van der Waals surface area contributed by atoms with E-state index in [0.717, 1.165) is 90.7 Å². The van der Waals surface area contributed by atoms with Crippen LogP contribution in [0.3, 0.4) is 0 Å². The molecule has 1 saturated heterocycles. The highest BCUT2D eigenvalue weighted by atomic mass is 16.3. The Morgan fingerprint density at radius 2 is 1.57 bits per heavy atom. The monoisotopic (exact) mass is 649 g/mol. The van der Waals surface area contributed by atoms with E-state index in [9.17, 15) is 14.9 Å². The lowest BCUT2D eigenvalue weighted by Gasteiger charge is -2.36. The average molecular weight is 650 g/mol. The zero-order valence-electron chi connectivity index (χ0n) is 27.9. The van der Waals surface area contributed by atoms with Gasteiger partial charge in [-0.1, -0.05) is 47.5 Å². The van der Waals surface area contributed by atoms with Gasteiger partial charge in [0.15, 0.2) is 0 Å². The van der Waals surface area contributed by atoms with Crippen molar-refractivity contribution in [1.29, 1.82) is 5.26 Å². The van der Waals surface area contributed by atoms with Crippen molar-refractivity contribution in [2.75, 3.05) is 37.6 Å². The number of hydrogen-bond donors (Lipinski definition) is 2. The van der Waals surface area contributed by atoms with Gasteiger partial charge < -0.3 is 14.3 Å². The van der Waals surface area contributed by atoms with Crippen LogP contribution in [-0.4, -0.2) is 54.4 Å². The van der Waals surface area contributed by atoms with Crippen LogP contribution in [0.15, 0.2) is 95.5 Å². The lowest BCUT2D eigenvalue weighted by molar-refractivity contribution is 0.0834. The lowest BCUT2D eigenvalue weighted by atomic mass is 9.99. The maximum Gasteiger partial charge on any atom is 0.294 e. The maximum absolute atomic E-state index is 13.6. The van der Waals surface area contributed by atoms with Crippen LogP contribution in [0.4, 0.5) is 5.69 Å². The predicted octanol–water partition coefficient (Wildman–Crippen LogP) is 7.78. The van der Waals surface area contributed by atoms with Gasteiger partial charge in [-0.05, 0) is 99.3 Å². The van der Waals surface area contributed by atoms with Crippen molar-refractivity contribution in [3.8, 4) is 17.2 Å². The fourth-order valence-electron chi connectivity index (χ4n) is 6.72. The van der Waals surface area contributed by atoms with E-state index in [4.69, 9.17) is 4.42 Å². The molecule has 3 heterocycles. The molecule has 0 atom stereocenters. The number of carbonyl (C=O) groups excluding carboxylic acids is 2. The minimum Gasteiger partial charge on any atom is -0.450 e. The van der Waals surface area contributed by atoms with Crippen LogP contribution in [-0.2, 0) is 6.42 Å². The Balaban J connectivity index is 1.02. The van der Waals surface area contributed by atoms with Gasteiger partial charge in [0.25, 0.3) is 11.8 Å². The number of amides is 2. The molecular formula is C41H39N5O3. The largest absolute Gasteiger partial charge is 0.450 e. The highest BCUT2D eigenvalue weighted by Gasteiger charge is 2.25. The van der Waals surface area contributed by atoms with Crippen LogP contribution in [0.25, 0.3) is 33.0 Å². The molecular weight excluding hydrogens is 610 g/mol. The molecule has 7 rings (SSSR count). The van der Waals surface area contributed by atoms with Crippen LogP contribution in [0.2, 0.25) is 0 Å². The van der Waals surface area contributed by atoms with Gasteiger partial charge in [-0.25, -0.2) is 0 Å². The molecule has 1 aliphatic heterocycles. The number of aryl methyl sites for hydroxylation is 3. The van der Waals surface area contributed by atoms with E-state index in [0.29, 0.717) is 22.3 Å². The first kappa shape index (κ1) is 31.9. The fraction of sp³-hybridized carbons (Fsp3) is 0.244. The summed E-state index contributed by atoms with van der Waals surface area (Å²) in [5, 5.41) is 13.8. The molecule has 6 aromatic rings. The first-order chi connectivity index (χ1) is 23.9. The number of rotatable bonds is 9. The molecule has 2 aromatic heterocycles. The predicted molar refractivity (Wildman–Crippen MR) is 194 cm³/mol. The summed E-state index contributed by atoms with van der Waals surface area (Å²) >= 11 is 0. The summed E-state index contributed by atoms with van der Waals surface area (Å²) in [5.74, 6) is -0.908. The average Bonchev–Trinajstić information content (AvgIpc) is 3.72. The number of imide groups is 1. The zero-order chi connectivity index (χ0) is 33.9. The summed E-state index contributed by atoms with van der Waals surface area (Å²) in [5.41, 5.74) is 8.84. The number of hydrogen-bond acceptors (Lipinski definition) is 6. The van der Waals surface area contributed by atoms with Gasteiger partial charge >= 0.3 is 0 Å². The Morgan fingerprint density at radius 1 is 0.837 bits per heavy atom. The maximum atomic E-state index is 13.6. The molecule has 0 bridgehead atoms. The number of nitrogens with zero attached hydrogens (tertiary/aromatic N) is 3. The van der Waals surface area contributed by atoms with E-state index in [1.807, 2.05) is 74.5 Å². The molecule has 0 aliphatic carbocycles. The molecule has 49 heavy (non-hydrogen) atoms. The smallest absolute Gasteiger partial charge is 0.294 e. The number of furan rings is 1. The second-order valence-corrected chi connectivity index (χ2v) is 13.0.